The maximum absolute atomic E-state index is 14.2. The average Bonchev–Trinajstić information content (AvgIpc) is 3.34. The standard InChI is InChI=1S/C24H27F5N4O/c25-15-7-18(22(27)20(26)8-15)23-19(24(28)29)9-21(31-32-23)30-16-5-13-10-33(11-14(13)6-16)12-17-3-1-2-4-34-17/h7-9,13-14,16-17,24H,1-6,10-12H2,(H,30,31)/t13-,14+,16+,17?. The van der Waals surface area contributed by atoms with Gasteiger partial charge >= 0.3 is 0 Å². The van der Waals surface area contributed by atoms with Crippen molar-refractivity contribution < 1.29 is 26.7 Å². The van der Waals surface area contributed by atoms with Gasteiger partial charge in [0.2, 0.25) is 0 Å². The fraction of sp³-hybridized carbons (Fsp3) is 0.583. The van der Waals surface area contributed by atoms with E-state index in [-0.39, 0.29) is 11.9 Å². The highest BCUT2D eigenvalue weighted by Gasteiger charge is 2.41. The molecule has 1 aromatic carbocycles. The maximum atomic E-state index is 14.2. The van der Waals surface area contributed by atoms with Crippen LogP contribution in [0.15, 0.2) is 18.2 Å². The summed E-state index contributed by atoms with van der Waals surface area (Å²) in [6, 6.07) is 2.15. The summed E-state index contributed by atoms with van der Waals surface area (Å²) in [6.07, 6.45) is 2.56. The van der Waals surface area contributed by atoms with Gasteiger partial charge < -0.3 is 15.0 Å². The summed E-state index contributed by atoms with van der Waals surface area (Å²) in [4.78, 5) is 2.47. The number of aromatic nitrogens is 2. The van der Waals surface area contributed by atoms with Crippen LogP contribution < -0.4 is 5.32 Å². The van der Waals surface area contributed by atoms with Gasteiger partial charge in [-0.05, 0) is 56.1 Å². The van der Waals surface area contributed by atoms with E-state index in [0.29, 0.717) is 30.1 Å². The molecule has 1 saturated carbocycles. The Morgan fingerprint density at radius 1 is 1.03 bits per heavy atom. The van der Waals surface area contributed by atoms with Crippen molar-refractivity contribution in [2.45, 2.75) is 50.7 Å². The second kappa shape index (κ2) is 9.73. The van der Waals surface area contributed by atoms with Crippen molar-refractivity contribution in [3.8, 4) is 11.3 Å². The first kappa shape index (κ1) is 23.4. The smallest absolute Gasteiger partial charge is 0.266 e. The number of benzene rings is 1. The van der Waals surface area contributed by atoms with E-state index < -0.39 is 40.7 Å². The molecule has 0 spiro atoms. The normalized spacial score (nSPS) is 27.4. The second-order valence-electron chi connectivity index (χ2n) is 9.62. The fourth-order valence-corrected chi connectivity index (χ4v) is 5.69. The summed E-state index contributed by atoms with van der Waals surface area (Å²) in [5.74, 6) is -2.81. The van der Waals surface area contributed by atoms with Gasteiger partial charge in [0.25, 0.3) is 6.43 Å². The van der Waals surface area contributed by atoms with Crippen molar-refractivity contribution in [1.82, 2.24) is 15.1 Å². The number of hydrogen-bond acceptors (Lipinski definition) is 5. The summed E-state index contributed by atoms with van der Waals surface area (Å²) in [7, 11) is 0. The molecule has 4 atom stereocenters. The molecule has 1 unspecified atom stereocenters. The van der Waals surface area contributed by atoms with E-state index in [9.17, 15) is 22.0 Å². The van der Waals surface area contributed by atoms with Crippen molar-refractivity contribution in [3.63, 3.8) is 0 Å². The van der Waals surface area contributed by atoms with Crippen LogP contribution in [0.3, 0.4) is 0 Å². The minimum Gasteiger partial charge on any atom is -0.377 e. The molecule has 1 aliphatic carbocycles. The first-order valence-corrected chi connectivity index (χ1v) is 11.8. The monoisotopic (exact) mass is 482 g/mol. The van der Waals surface area contributed by atoms with Gasteiger partial charge in [0.1, 0.15) is 17.3 Å². The van der Waals surface area contributed by atoms with E-state index in [4.69, 9.17) is 4.74 Å². The number of anilines is 1. The first-order chi connectivity index (χ1) is 16.4. The third-order valence-electron chi connectivity index (χ3n) is 7.22. The number of ether oxygens (including phenoxy) is 1. The SMILES string of the molecule is Fc1cc(F)c(F)c(-c2nnc(N[C@H]3C[C@@H]4CN(CC5CCCCO5)C[C@@H]4C3)cc2C(F)F)c1. The van der Waals surface area contributed by atoms with Gasteiger partial charge in [-0.1, -0.05) is 0 Å². The van der Waals surface area contributed by atoms with Crippen molar-refractivity contribution >= 4 is 5.82 Å². The van der Waals surface area contributed by atoms with E-state index in [1.54, 1.807) is 0 Å². The van der Waals surface area contributed by atoms with Crippen molar-refractivity contribution in [2.24, 2.45) is 11.8 Å². The Morgan fingerprint density at radius 2 is 1.79 bits per heavy atom. The molecule has 34 heavy (non-hydrogen) atoms. The molecule has 5 rings (SSSR count). The second-order valence-corrected chi connectivity index (χ2v) is 9.62. The zero-order chi connectivity index (χ0) is 23.8. The zero-order valence-electron chi connectivity index (χ0n) is 18.6. The van der Waals surface area contributed by atoms with E-state index in [1.165, 1.54) is 6.42 Å². The average molecular weight is 482 g/mol. The summed E-state index contributed by atoms with van der Waals surface area (Å²) in [5, 5.41) is 10.8. The lowest BCUT2D eigenvalue weighted by Crippen LogP contribution is -2.35. The number of nitrogens with zero attached hydrogens (tertiary/aromatic N) is 3. The largest absolute Gasteiger partial charge is 0.377 e. The Morgan fingerprint density at radius 3 is 2.47 bits per heavy atom. The van der Waals surface area contributed by atoms with Crippen LogP contribution in [0.5, 0.6) is 0 Å². The van der Waals surface area contributed by atoms with Gasteiger partial charge in [-0.15, -0.1) is 10.2 Å². The van der Waals surface area contributed by atoms with E-state index in [0.717, 1.165) is 58.0 Å². The number of hydrogen-bond donors (Lipinski definition) is 1. The van der Waals surface area contributed by atoms with Crippen LogP contribution >= 0.6 is 0 Å². The highest BCUT2D eigenvalue weighted by molar-refractivity contribution is 5.65. The highest BCUT2D eigenvalue weighted by Crippen LogP contribution is 2.40. The predicted molar refractivity (Wildman–Crippen MR) is 116 cm³/mol. The predicted octanol–water partition coefficient (Wildman–Crippen LogP) is 5.19. The van der Waals surface area contributed by atoms with Gasteiger partial charge in [0.05, 0.1) is 6.10 Å². The quantitative estimate of drug-likeness (QED) is 0.454. The molecule has 5 nitrogen and oxygen atoms in total. The summed E-state index contributed by atoms with van der Waals surface area (Å²) in [5.41, 5.74) is -1.87. The molecular formula is C24H27F5N4O. The lowest BCUT2D eigenvalue weighted by Gasteiger charge is -2.28. The Kier molecular flexibility index (Phi) is 6.70. The molecule has 0 amide bonds. The molecule has 10 heteroatoms. The zero-order valence-corrected chi connectivity index (χ0v) is 18.6. The minimum atomic E-state index is -3.02. The van der Waals surface area contributed by atoms with Gasteiger partial charge in [-0.3, -0.25) is 0 Å². The molecule has 3 fully saturated rings. The number of rotatable bonds is 6. The molecule has 1 N–H and O–H groups in total. The Hall–Kier alpha value is -2.33. The van der Waals surface area contributed by atoms with Crippen molar-refractivity contribution in [3.05, 3.63) is 41.2 Å². The Labute approximate surface area is 194 Å². The highest BCUT2D eigenvalue weighted by atomic mass is 19.3. The number of likely N-dealkylation sites (tertiary alicyclic amines) is 1. The maximum Gasteiger partial charge on any atom is 0.266 e. The third-order valence-corrected chi connectivity index (χ3v) is 7.22. The molecule has 3 aliphatic rings. The lowest BCUT2D eigenvalue weighted by molar-refractivity contribution is -0.00303. The molecule has 2 aliphatic heterocycles. The molecule has 3 heterocycles. The number of halogens is 5. The number of alkyl halides is 2. The number of nitrogens with one attached hydrogen (secondary N) is 1. The molecule has 2 aromatic rings. The van der Waals surface area contributed by atoms with E-state index >= 15 is 0 Å². The fourth-order valence-electron chi connectivity index (χ4n) is 5.69. The molecule has 0 bridgehead atoms. The Balaban J connectivity index is 1.24. The molecule has 0 radical (unpaired) electrons. The third kappa shape index (κ3) is 4.88. The van der Waals surface area contributed by atoms with Crippen LogP contribution in [-0.4, -0.2) is 53.5 Å². The summed E-state index contributed by atoms with van der Waals surface area (Å²) >= 11 is 0. The van der Waals surface area contributed by atoms with Crippen LogP contribution in [0.25, 0.3) is 11.3 Å². The van der Waals surface area contributed by atoms with Gasteiger partial charge in [0, 0.05) is 49.5 Å². The van der Waals surface area contributed by atoms with Crippen LogP contribution in [-0.2, 0) is 4.74 Å². The van der Waals surface area contributed by atoms with Gasteiger partial charge in [0.15, 0.2) is 11.6 Å². The van der Waals surface area contributed by atoms with Crippen molar-refractivity contribution in [1.29, 1.82) is 0 Å². The molecule has 1 aromatic heterocycles. The van der Waals surface area contributed by atoms with E-state index in [2.05, 4.69) is 20.4 Å². The molecular weight excluding hydrogens is 455 g/mol. The summed E-state index contributed by atoms with van der Waals surface area (Å²) in [6.45, 7) is 3.81. The van der Waals surface area contributed by atoms with E-state index in [1.807, 2.05) is 0 Å². The van der Waals surface area contributed by atoms with Crippen LogP contribution in [0.2, 0.25) is 0 Å². The minimum absolute atomic E-state index is 0.0668. The first-order valence-electron chi connectivity index (χ1n) is 11.8. The van der Waals surface area contributed by atoms with Gasteiger partial charge in [-0.2, -0.15) is 0 Å². The van der Waals surface area contributed by atoms with Crippen molar-refractivity contribution in [2.75, 3.05) is 31.6 Å². The summed E-state index contributed by atoms with van der Waals surface area (Å²) < 4.78 is 74.7. The topological polar surface area (TPSA) is 50.3 Å². The molecule has 2 saturated heterocycles. The Bertz CT molecular complexity index is 1020. The number of fused-ring (bicyclic) bond motifs is 1. The van der Waals surface area contributed by atoms with Crippen LogP contribution in [0.1, 0.15) is 44.1 Å². The van der Waals surface area contributed by atoms with Gasteiger partial charge in [-0.25, -0.2) is 22.0 Å². The van der Waals surface area contributed by atoms with Crippen LogP contribution in [0.4, 0.5) is 27.8 Å². The molecule has 184 valence electrons. The lowest BCUT2D eigenvalue weighted by atomic mass is 10.0. The van der Waals surface area contributed by atoms with Crippen LogP contribution in [0, 0.1) is 29.3 Å².